The van der Waals surface area contributed by atoms with Crippen LogP contribution in [0.4, 0.5) is 5.69 Å². The van der Waals surface area contributed by atoms with Gasteiger partial charge in [0.05, 0.1) is 6.54 Å². The number of halogens is 1. The largest absolute Gasteiger partial charge is 0.365 e. The molecule has 0 heterocycles. The second kappa shape index (κ2) is 6.95. The topological polar surface area (TPSA) is 44.4 Å². The van der Waals surface area contributed by atoms with E-state index in [2.05, 4.69) is 17.6 Å². The zero-order chi connectivity index (χ0) is 14.5. The number of benzene rings is 1. The molecule has 1 aliphatic rings. The average molecular weight is 296 g/mol. The summed E-state index contributed by atoms with van der Waals surface area (Å²) in [5.41, 5.74) is 2.04. The molecule has 0 aromatic heterocycles. The molecule has 1 aliphatic carbocycles. The molecular weight excluding hydrogens is 274 g/mol. The second-order valence-electron chi connectivity index (χ2n) is 5.25. The van der Waals surface area contributed by atoms with Gasteiger partial charge in [0.15, 0.2) is 0 Å². The van der Waals surface area contributed by atoms with E-state index in [-0.39, 0.29) is 5.91 Å². The van der Waals surface area contributed by atoms with Crippen molar-refractivity contribution in [1.82, 2.24) is 10.6 Å². The van der Waals surface area contributed by atoms with Crippen LogP contribution in [0, 0.1) is 0 Å². The molecule has 0 atom stereocenters. The Bertz CT molecular complexity index is 474. The van der Waals surface area contributed by atoms with Crippen molar-refractivity contribution < 1.29 is 4.79 Å². The Hall–Kier alpha value is -1.26. The summed E-state index contributed by atoms with van der Waals surface area (Å²) in [6.07, 6.45) is 2.22. The van der Waals surface area contributed by atoms with Crippen LogP contribution in [0.5, 0.6) is 0 Å². The number of hydrogen-bond donors (Lipinski definition) is 2. The minimum Gasteiger partial charge on any atom is -0.365 e. The van der Waals surface area contributed by atoms with E-state index < -0.39 is 0 Å². The lowest BCUT2D eigenvalue weighted by Crippen LogP contribution is -2.36. The molecule has 0 aliphatic heterocycles. The highest BCUT2D eigenvalue weighted by Crippen LogP contribution is 2.23. The van der Waals surface area contributed by atoms with Crippen LogP contribution in [0.25, 0.3) is 0 Å². The molecule has 1 aromatic carbocycles. The maximum absolute atomic E-state index is 11.8. The lowest BCUT2D eigenvalue weighted by atomic mass is 10.2. The smallest absolute Gasteiger partial charge is 0.239 e. The molecule has 0 unspecified atom stereocenters. The van der Waals surface area contributed by atoms with E-state index >= 15 is 0 Å². The summed E-state index contributed by atoms with van der Waals surface area (Å²) in [5, 5.41) is 6.97. The summed E-state index contributed by atoms with van der Waals surface area (Å²) >= 11 is 6.27. The number of nitrogens with one attached hydrogen (secondary N) is 2. The van der Waals surface area contributed by atoms with Crippen LogP contribution in [-0.2, 0) is 11.3 Å². The van der Waals surface area contributed by atoms with Gasteiger partial charge in [-0.3, -0.25) is 4.79 Å². The van der Waals surface area contributed by atoms with Crippen LogP contribution in [0.3, 0.4) is 0 Å². The minimum atomic E-state index is 0.0721. The van der Waals surface area contributed by atoms with Crippen LogP contribution < -0.4 is 15.5 Å². The third-order valence-corrected chi connectivity index (χ3v) is 3.72. The van der Waals surface area contributed by atoms with E-state index in [1.165, 1.54) is 0 Å². The molecular formula is C15H22ClN3O. The first kappa shape index (κ1) is 15.1. The maximum Gasteiger partial charge on any atom is 0.239 e. The lowest BCUT2D eigenvalue weighted by Gasteiger charge is -2.20. The molecule has 4 nitrogen and oxygen atoms in total. The zero-order valence-corrected chi connectivity index (χ0v) is 12.8. The van der Waals surface area contributed by atoms with Gasteiger partial charge in [0.2, 0.25) is 5.91 Å². The first-order valence-corrected chi connectivity index (χ1v) is 7.47. The molecule has 5 heteroatoms. The summed E-state index contributed by atoms with van der Waals surface area (Å²) in [4.78, 5) is 13.7. The lowest BCUT2D eigenvalue weighted by molar-refractivity contribution is -0.119. The standard InChI is InChI=1S/C15H22ClN3O/c1-3-17-9-11-4-7-13(8-14(11)16)19(2)10-15(20)18-12-5-6-12/h4,7-8,12,17H,3,5-6,9-10H2,1-2H3,(H,18,20). The monoisotopic (exact) mass is 295 g/mol. The molecule has 1 aromatic rings. The Morgan fingerprint density at radius 3 is 2.80 bits per heavy atom. The molecule has 1 amide bonds. The molecule has 1 fully saturated rings. The van der Waals surface area contributed by atoms with Gasteiger partial charge in [-0.2, -0.15) is 0 Å². The highest BCUT2D eigenvalue weighted by Gasteiger charge is 2.23. The van der Waals surface area contributed by atoms with E-state index in [9.17, 15) is 4.79 Å². The third-order valence-electron chi connectivity index (χ3n) is 3.37. The van der Waals surface area contributed by atoms with E-state index in [4.69, 9.17) is 11.6 Å². The number of nitrogens with zero attached hydrogens (tertiary/aromatic N) is 1. The molecule has 0 saturated heterocycles. The van der Waals surface area contributed by atoms with Gasteiger partial charge in [0.1, 0.15) is 0 Å². The number of carbonyl (C=O) groups is 1. The van der Waals surface area contributed by atoms with Crippen LogP contribution in [-0.4, -0.2) is 32.1 Å². The first-order chi connectivity index (χ1) is 9.60. The summed E-state index contributed by atoms with van der Waals surface area (Å²) in [6, 6.07) is 6.33. The summed E-state index contributed by atoms with van der Waals surface area (Å²) in [7, 11) is 1.90. The summed E-state index contributed by atoms with van der Waals surface area (Å²) < 4.78 is 0. The second-order valence-corrected chi connectivity index (χ2v) is 5.66. The van der Waals surface area contributed by atoms with Gasteiger partial charge in [-0.05, 0) is 37.1 Å². The molecule has 2 rings (SSSR count). The predicted molar refractivity (Wildman–Crippen MR) is 83.3 cm³/mol. The van der Waals surface area contributed by atoms with Crippen molar-refractivity contribution in [2.45, 2.75) is 32.4 Å². The number of carbonyl (C=O) groups excluding carboxylic acids is 1. The van der Waals surface area contributed by atoms with Gasteiger partial charge in [-0.1, -0.05) is 24.6 Å². The molecule has 0 radical (unpaired) electrons. The molecule has 0 spiro atoms. The van der Waals surface area contributed by atoms with Gasteiger partial charge in [0.25, 0.3) is 0 Å². The number of anilines is 1. The number of amides is 1. The third kappa shape index (κ3) is 4.39. The first-order valence-electron chi connectivity index (χ1n) is 7.09. The van der Waals surface area contributed by atoms with Gasteiger partial charge < -0.3 is 15.5 Å². The van der Waals surface area contributed by atoms with Gasteiger partial charge >= 0.3 is 0 Å². The Morgan fingerprint density at radius 1 is 1.45 bits per heavy atom. The highest BCUT2D eigenvalue weighted by molar-refractivity contribution is 6.31. The summed E-state index contributed by atoms with van der Waals surface area (Å²) in [6.45, 7) is 4.11. The maximum atomic E-state index is 11.8. The fraction of sp³-hybridized carbons (Fsp3) is 0.533. The number of rotatable bonds is 7. The molecule has 0 bridgehead atoms. The highest BCUT2D eigenvalue weighted by atomic mass is 35.5. The van der Waals surface area contributed by atoms with Crippen molar-refractivity contribution in [1.29, 1.82) is 0 Å². The summed E-state index contributed by atoms with van der Waals surface area (Å²) in [5.74, 6) is 0.0721. The SMILES string of the molecule is CCNCc1ccc(N(C)CC(=O)NC2CC2)cc1Cl. The average Bonchev–Trinajstić information content (AvgIpc) is 3.20. The molecule has 1 saturated carbocycles. The Labute approximate surface area is 125 Å². The van der Waals surface area contributed by atoms with Gasteiger partial charge in [0, 0.05) is 30.3 Å². The fourth-order valence-corrected chi connectivity index (χ4v) is 2.23. The van der Waals surface area contributed by atoms with E-state index in [1.807, 2.05) is 30.1 Å². The molecule has 110 valence electrons. The minimum absolute atomic E-state index is 0.0721. The quantitative estimate of drug-likeness (QED) is 0.810. The van der Waals surface area contributed by atoms with Gasteiger partial charge in [-0.15, -0.1) is 0 Å². The predicted octanol–water partition coefficient (Wildman–Crippen LogP) is 2.16. The van der Waals surface area contributed by atoms with Crippen molar-refractivity contribution >= 4 is 23.2 Å². The van der Waals surface area contributed by atoms with Crippen molar-refractivity contribution in [2.75, 3.05) is 25.0 Å². The van der Waals surface area contributed by atoms with E-state index in [0.717, 1.165) is 42.2 Å². The number of likely N-dealkylation sites (N-methyl/N-ethyl adjacent to an activating group) is 1. The van der Waals surface area contributed by atoms with E-state index in [0.29, 0.717) is 12.6 Å². The van der Waals surface area contributed by atoms with Crippen molar-refractivity contribution in [2.24, 2.45) is 0 Å². The zero-order valence-electron chi connectivity index (χ0n) is 12.1. The number of hydrogen-bond acceptors (Lipinski definition) is 3. The van der Waals surface area contributed by atoms with Crippen molar-refractivity contribution in [3.63, 3.8) is 0 Å². The fourth-order valence-electron chi connectivity index (χ4n) is 1.98. The van der Waals surface area contributed by atoms with E-state index in [1.54, 1.807) is 0 Å². The van der Waals surface area contributed by atoms with Crippen LogP contribution in [0.1, 0.15) is 25.3 Å². The van der Waals surface area contributed by atoms with Gasteiger partial charge in [-0.25, -0.2) is 0 Å². The Kier molecular flexibility index (Phi) is 5.26. The normalized spacial score (nSPS) is 14.2. The Morgan fingerprint density at radius 2 is 2.20 bits per heavy atom. The molecule has 2 N–H and O–H groups in total. The van der Waals surface area contributed by atoms with Crippen LogP contribution >= 0.6 is 11.6 Å². The van der Waals surface area contributed by atoms with Crippen molar-refractivity contribution in [3.05, 3.63) is 28.8 Å². The Balaban J connectivity index is 1.93. The van der Waals surface area contributed by atoms with Crippen molar-refractivity contribution in [3.8, 4) is 0 Å². The van der Waals surface area contributed by atoms with Crippen LogP contribution in [0.2, 0.25) is 5.02 Å². The molecule has 20 heavy (non-hydrogen) atoms. The van der Waals surface area contributed by atoms with Crippen LogP contribution in [0.15, 0.2) is 18.2 Å².